The van der Waals surface area contributed by atoms with Gasteiger partial charge in [0, 0.05) is 6.07 Å². The maximum absolute atomic E-state index is 12.1. The molecule has 0 saturated heterocycles. The van der Waals surface area contributed by atoms with E-state index in [-0.39, 0.29) is 5.69 Å². The van der Waals surface area contributed by atoms with Crippen LogP contribution in [0, 0.1) is 0 Å². The largest absolute Gasteiger partial charge is 0.467 e. The normalized spacial score (nSPS) is 11.9. The van der Waals surface area contributed by atoms with Crippen LogP contribution in [0.25, 0.3) is 10.8 Å². The molecule has 0 fully saturated rings. The van der Waals surface area contributed by atoms with Gasteiger partial charge in [0.25, 0.3) is 5.91 Å². The van der Waals surface area contributed by atoms with Crippen molar-refractivity contribution in [3.05, 3.63) is 66.1 Å². The fourth-order valence-corrected chi connectivity index (χ4v) is 2.32. The zero-order chi connectivity index (χ0) is 16.2. The summed E-state index contributed by atoms with van der Waals surface area (Å²) in [6.07, 6.45) is 1.29. The molecule has 0 unspecified atom stereocenters. The minimum Gasteiger partial charge on any atom is -0.467 e. The summed E-state index contributed by atoms with van der Waals surface area (Å²) in [5, 5.41) is 8.19. The Labute approximate surface area is 132 Å². The van der Waals surface area contributed by atoms with Gasteiger partial charge in [-0.15, -0.1) is 0 Å². The van der Waals surface area contributed by atoms with Crippen molar-refractivity contribution in [1.29, 1.82) is 0 Å². The lowest BCUT2D eigenvalue weighted by Gasteiger charge is -2.16. The molecule has 1 amide bonds. The Balaban J connectivity index is 1.94. The van der Waals surface area contributed by atoms with Crippen LogP contribution in [0.1, 0.15) is 22.1 Å². The Morgan fingerprint density at radius 2 is 1.91 bits per heavy atom. The second-order valence-corrected chi connectivity index (χ2v) is 4.92. The number of rotatable bonds is 4. The molecule has 116 valence electrons. The Hall–Kier alpha value is -3.15. The first kappa shape index (κ1) is 14.8. The number of fused-ring (bicyclic) bond motifs is 1. The summed E-state index contributed by atoms with van der Waals surface area (Å²) < 4.78 is 9.44. The zero-order valence-electron chi connectivity index (χ0n) is 12.4. The van der Waals surface area contributed by atoms with E-state index in [0.717, 1.165) is 10.8 Å². The molecular weight excluding hydrogens is 296 g/mol. The van der Waals surface area contributed by atoms with Gasteiger partial charge in [0.05, 0.1) is 7.11 Å². The van der Waals surface area contributed by atoms with Crippen molar-refractivity contribution in [2.24, 2.45) is 0 Å². The van der Waals surface area contributed by atoms with E-state index in [1.807, 2.05) is 36.4 Å². The molecule has 2 aromatic carbocycles. The highest BCUT2D eigenvalue weighted by Gasteiger charge is 2.25. The lowest BCUT2D eigenvalue weighted by atomic mass is 10.0. The number of benzene rings is 2. The van der Waals surface area contributed by atoms with E-state index >= 15 is 0 Å². The first-order chi connectivity index (χ1) is 11.2. The molecule has 0 aliphatic rings. The molecule has 3 rings (SSSR count). The summed E-state index contributed by atoms with van der Waals surface area (Å²) in [6, 6.07) is 13.8. The van der Waals surface area contributed by atoms with E-state index < -0.39 is 17.9 Å². The van der Waals surface area contributed by atoms with Gasteiger partial charge in [-0.3, -0.25) is 4.79 Å². The topological polar surface area (TPSA) is 81.4 Å². The number of nitrogens with one attached hydrogen (secondary N) is 1. The van der Waals surface area contributed by atoms with Crippen LogP contribution < -0.4 is 5.32 Å². The molecule has 1 N–H and O–H groups in total. The summed E-state index contributed by atoms with van der Waals surface area (Å²) >= 11 is 0. The SMILES string of the molecule is COC(=O)[C@@H](NC(=O)c1ccon1)c1ccc2ccccc2c1. The molecule has 0 aliphatic heterocycles. The van der Waals surface area contributed by atoms with E-state index in [2.05, 4.69) is 15.0 Å². The summed E-state index contributed by atoms with van der Waals surface area (Å²) in [5.41, 5.74) is 0.729. The molecule has 0 saturated carbocycles. The lowest BCUT2D eigenvalue weighted by molar-refractivity contribution is -0.143. The molecule has 0 aliphatic carbocycles. The van der Waals surface area contributed by atoms with Crippen LogP contribution in [0.5, 0.6) is 0 Å². The quantitative estimate of drug-likeness (QED) is 0.749. The van der Waals surface area contributed by atoms with Crippen LogP contribution in [0.3, 0.4) is 0 Å². The van der Waals surface area contributed by atoms with Gasteiger partial charge in [-0.2, -0.15) is 0 Å². The van der Waals surface area contributed by atoms with Crippen LogP contribution in [-0.2, 0) is 9.53 Å². The van der Waals surface area contributed by atoms with Gasteiger partial charge in [0.2, 0.25) is 0 Å². The Kier molecular flexibility index (Phi) is 4.05. The third-order valence-electron chi connectivity index (χ3n) is 3.49. The van der Waals surface area contributed by atoms with Gasteiger partial charge in [-0.25, -0.2) is 4.79 Å². The first-order valence-electron chi connectivity index (χ1n) is 6.97. The number of esters is 1. The molecule has 3 aromatic rings. The van der Waals surface area contributed by atoms with Crippen LogP contribution in [0.15, 0.2) is 59.3 Å². The van der Waals surface area contributed by atoms with Gasteiger partial charge in [0.15, 0.2) is 11.7 Å². The van der Waals surface area contributed by atoms with Crippen LogP contribution in [0.4, 0.5) is 0 Å². The number of nitrogens with zero attached hydrogens (tertiary/aromatic N) is 1. The monoisotopic (exact) mass is 310 g/mol. The summed E-state index contributed by atoms with van der Waals surface area (Å²) in [6.45, 7) is 0. The van der Waals surface area contributed by atoms with E-state index in [1.165, 1.54) is 19.4 Å². The predicted octanol–water partition coefficient (Wildman–Crippen LogP) is 2.47. The molecule has 0 radical (unpaired) electrons. The fraction of sp³-hybridized carbons (Fsp3) is 0.118. The van der Waals surface area contributed by atoms with Crippen molar-refractivity contribution in [2.45, 2.75) is 6.04 Å². The molecular formula is C17H14N2O4. The molecule has 6 heteroatoms. The number of amides is 1. The fourth-order valence-electron chi connectivity index (χ4n) is 2.32. The molecule has 23 heavy (non-hydrogen) atoms. The number of carbonyl (C=O) groups excluding carboxylic acids is 2. The zero-order valence-corrected chi connectivity index (χ0v) is 12.4. The van der Waals surface area contributed by atoms with Crippen molar-refractivity contribution in [2.75, 3.05) is 7.11 Å². The number of hydrogen-bond acceptors (Lipinski definition) is 5. The minimum absolute atomic E-state index is 0.0969. The first-order valence-corrected chi connectivity index (χ1v) is 6.97. The summed E-state index contributed by atoms with van der Waals surface area (Å²) in [4.78, 5) is 24.2. The molecule has 6 nitrogen and oxygen atoms in total. The lowest BCUT2D eigenvalue weighted by Crippen LogP contribution is -2.34. The molecule has 0 bridgehead atoms. The van der Waals surface area contributed by atoms with Gasteiger partial charge >= 0.3 is 5.97 Å². The number of hydrogen-bond donors (Lipinski definition) is 1. The standard InChI is InChI=1S/C17H14N2O4/c1-22-17(21)15(18-16(20)14-8-9-23-19-14)13-7-6-11-4-2-3-5-12(11)10-13/h2-10,15H,1H3,(H,18,20)/t15-/m0/s1. The van der Waals surface area contributed by atoms with E-state index in [4.69, 9.17) is 4.74 Å². The average Bonchev–Trinajstić information content (AvgIpc) is 3.13. The Morgan fingerprint density at radius 3 is 2.61 bits per heavy atom. The smallest absolute Gasteiger partial charge is 0.333 e. The molecule has 1 aromatic heterocycles. The second-order valence-electron chi connectivity index (χ2n) is 4.92. The number of methoxy groups -OCH3 is 1. The highest BCUT2D eigenvalue weighted by Crippen LogP contribution is 2.21. The van der Waals surface area contributed by atoms with Gasteiger partial charge in [-0.1, -0.05) is 41.6 Å². The van der Waals surface area contributed by atoms with E-state index in [0.29, 0.717) is 5.56 Å². The van der Waals surface area contributed by atoms with Crippen molar-refractivity contribution in [1.82, 2.24) is 10.5 Å². The van der Waals surface area contributed by atoms with E-state index in [9.17, 15) is 9.59 Å². The third kappa shape index (κ3) is 3.06. The van der Waals surface area contributed by atoms with Crippen molar-refractivity contribution < 1.29 is 18.8 Å². The van der Waals surface area contributed by atoms with Crippen molar-refractivity contribution >= 4 is 22.6 Å². The van der Waals surface area contributed by atoms with Crippen molar-refractivity contribution in [3.63, 3.8) is 0 Å². The van der Waals surface area contributed by atoms with Gasteiger partial charge < -0.3 is 14.6 Å². The van der Waals surface area contributed by atoms with Crippen LogP contribution in [0.2, 0.25) is 0 Å². The highest BCUT2D eigenvalue weighted by atomic mass is 16.5. The van der Waals surface area contributed by atoms with Crippen LogP contribution >= 0.6 is 0 Å². The number of aromatic nitrogens is 1. The Bertz CT molecular complexity index is 843. The number of carbonyl (C=O) groups is 2. The molecule has 1 heterocycles. The van der Waals surface area contributed by atoms with Crippen molar-refractivity contribution in [3.8, 4) is 0 Å². The van der Waals surface area contributed by atoms with Gasteiger partial charge in [0.1, 0.15) is 6.26 Å². The molecule has 0 spiro atoms. The minimum atomic E-state index is -0.922. The summed E-state index contributed by atoms with van der Waals surface area (Å²) in [7, 11) is 1.28. The average molecular weight is 310 g/mol. The Morgan fingerprint density at radius 1 is 1.13 bits per heavy atom. The summed E-state index contributed by atoms with van der Waals surface area (Å²) in [5.74, 6) is -1.07. The second kappa shape index (κ2) is 6.31. The highest BCUT2D eigenvalue weighted by molar-refractivity contribution is 5.95. The van der Waals surface area contributed by atoms with Crippen LogP contribution in [-0.4, -0.2) is 24.1 Å². The third-order valence-corrected chi connectivity index (χ3v) is 3.49. The molecule has 1 atom stereocenters. The predicted molar refractivity (Wildman–Crippen MR) is 82.7 cm³/mol. The van der Waals surface area contributed by atoms with Gasteiger partial charge in [-0.05, 0) is 22.4 Å². The maximum atomic E-state index is 12.1. The number of ether oxygens (including phenoxy) is 1. The van der Waals surface area contributed by atoms with E-state index in [1.54, 1.807) is 6.07 Å². The maximum Gasteiger partial charge on any atom is 0.333 e.